The van der Waals surface area contributed by atoms with E-state index in [-0.39, 0.29) is 5.69 Å². The number of carbonyl (C=O) groups excluding carboxylic acids is 1. The number of aryl methyl sites for hydroxylation is 1. The van der Waals surface area contributed by atoms with Gasteiger partial charge in [0.05, 0.1) is 21.7 Å². The van der Waals surface area contributed by atoms with Crippen LogP contribution < -0.4 is 10.6 Å². The summed E-state index contributed by atoms with van der Waals surface area (Å²) in [5, 5.41) is 29.0. The van der Waals surface area contributed by atoms with Gasteiger partial charge in [0.1, 0.15) is 6.04 Å². The minimum absolute atomic E-state index is 0.0205. The number of thiazole rings is 1. The second-order valence-electron chi connectivity index (χ2n) is 9.89. The first kappa shape index (κ1) is 27.8. The largest absolute Gasteiger partial charge is 0.465 e. The maximum atomic E-state index is 13.8. The van der Waals surface area contributed by atoms with Gasteiger partial charge in [0.2, 0.25) is 5.91 Å². The lowest BCUT2D eigenvalue weighted by molar-refractivity contribution is -0.384. The molecule has 0 aliphatic rings. The topological polar surface area (TPSA) is 134 Å². The molecule has 2 amide bonds. The van der Waals surface area contributed by atoms with Gasteiger partial charge in [-0.15, -0.1) is 11.3 Å². The molecule has 0 radical (unpaired) electrons. The van der Waals surface area contributed by atoms with E-state index < -0.39 is 40.3 Å². The molecule has 1 aromatic heterocycles. The second kappa shape index (κ2) is 12.0. The van der Waals surface area contributed by atoms with Gasteiger partial charge < -0.3 is 15.7 Å². The van der Waals surface area contributed by atoms with Crippen molar-refractivity contribution in [2.24, 2.45) is 5.41 Å². The van der Waals surface area contributed by atoms with Crippen LogP contribution in [0, 0.1) is 15.5 Å². The van der Waals surface area contributed by atoms with Crippen molar-refractivity contribution in [1.82, 2.24) is 15.6 Å². The van der Waals surface area contributed by atoms with E-state index in [1.54, 1.807) is 12.1 Å². The van der Waals surface area contributed by atoms with Crippen LogP contribution in [-0.2, 0) is 17.6 Å². The molecule has 3 aromatic rings. The highest BCUT2D eigenvalue weighted by Gasteiger charge is 2.39. The van der Waals surface area contributed by atoms with Gasteiger partial charge in [0.25, 0.3) is 5.69 Å². The molecule has 1 heterocycles. The van der Waals surface area contributed by atoms with Crippen LogP contribution in [0.2, 0.25) is 0 Å². The Bertz CT molecular complexity index is 1220. The number of nitrogens with zero attached hydrogens (tertiary/aromatic N) is 2. The fourth-order valence-corrected chi connectivity index (χ4v) is 5.21. The van der Waals surface area contributed by atoms with Crippen molar-refractivity contribution in [3.05, 3.63) is 91.9 Å². The Morgan fingerprint density at radius 2 is 1.73 bits per heavy atom. The quantitative estimate of drug-likeness (QED) is 0.237. The van der Waals surface area contributed by atoms with Crippen LogP contribution in [0.25, 0.3) is 0 Å². The highest BCUT2D eigenvalue weighted by molar-refractivity contribution is 7.09. The number of nitro groups is 1. The van der Waals surface area contributed by atoms with Crippen molar-refractivity contribution in [2.75, 3.05) is 0 Å². The minimum atomic E-state index is -1.29. The summed E-state index contributed by atoms with van der Waals surface area (Å²) in [6.07, 6.45) is -0.215. The Hall–Kier alpha value is -3.79. The molecule has 37 heavy (non-hydrogen) atoms. The van der Waals surface area contributed by atoms with E-state index in [1.807, 2.05) is 63.4 Å². The van der Waals surface area contributed by atoms with E-state index in [0.29, 0.717) is 12.1 Å². The van der Waals surface area contributed by atoms with E-state index >= 15 is 0 Å². The highest BCUT2D eigenvalue weighted by atomic mass is 32.1. The van der Waals surface area contributed by atoms with Crippen molar-refractivity contribution < 1.29 is 19.6 Å². The molecule has 3 atom stereocenters. The fraction of sp³-hybridized carbons (Fsp3) is 0.370. The molecule has 0 spiro atoms. The minimum Gasteiger partial charge on any atom is -0.465 e. The number of hydrogen-bond acceptors (Lipinski definition) is 6. The van der Waals surface area contributed by atoms with Gasteiger partial charge in [-0.05, 0) is 29.4 Å². The number of carboxylic acid groups (broad SMARTS) is 1. The van der Waals surface area contributed by atoms with Crippen molar-refractivity contribution >= 4 is 29.0 Å². The summed E-state index contributed by atoms with van der Waals surface area (Å²) in [4.78, 5) is 40.8. The van der Waals surface area contributed by atoms with Gasteiger partial charge in [-0.25, -0.2) is 9.78 Å². The third-order valence-corrected chi connectivity index (χ3v) is 7.13. The normalized spacial score (nSPS) is 13.8. The van der Waals surface area contributed by atoms with Gasteiger partial charge in [0.15, 0.2) is 0 Å². The van der Waals surface area contributed by atoms with E-state index in [0.717, 1.165) is 22.6 Å². The standard InChI is InChI=1S/C27H32N4O5S/c1-5-22-28-21(16-37-22)20(15-17-11-13-19(14-12-17)31(35)36)29-25(32)24(30-26(33)34)23(27(2,3)4)18-9-7-6-8-10-18/h6-14,16,20,23-24,30H,5,15H2,1-4H3,(H,29,32)(H,33,34)/t20?,23-,24-/m0/s1. The Kier molecular flexibility index (Phi) is 8.99. The van der Waals surface area contributed by atoms with Gasteiger partial charge >= 0.3 is 6.09 Å². The number of carbonyl (C=O) groups is 2. The lowest BCUT2D eigenvalue weighted by Crippen LogP contribution is -2.53. The summed E-state index contributed by atoms with van der Waals surface area (Å²) in [6.45, 7) is 7.90. The number of aromatic nitrogens is 1. The molecule has 0 saturated carbocycles. The number of nitrogens with one attached hydrogen (secondary N) is 2. The SMILES string of the molecule is CCc1nc(C(Cc2ccc([N+](=O)[O-])cc2)NC(=O)[C@@H](NC(=O)O)[C@H](c2ccccc2)C(C)(C)C)cs1. The Morgan fingerprint density at radius 1 is 1.08 bits per heavy atom. The molecule has 9 nitrogen and oxygen atoms in total. The number of rotatable bonds is 10. The molecule has 1 unspecified atom stereocenters. The molecule has 0 saturated heterocycles. The molecule has 0 aliphatic heterocycles. The van der Waals surface area contributed by atoms with Gasteiger partial charge in [0, 0.05) is 23.4 Å². The maximum Gasteiger partial charge on any atom is 0.405 e. The first-order valence-corrected chi connectivity index (χ1v) is 12.9. The van der Waals surface area contributed by atoms with Crippen LogP contribution in [-0.4, -0.2) is 33.1 Å². The van der Waals surface area contributed by atoms with Crippen molar-refractivity contribution in [3.63, 3.8) is 0 Å². The summed E-state index contributed by atoms with van der Waals surface area (Å²) >= 11 is 1.49. The molecular weight excluding hydrogens is 492 g/mol. The smallest absolute Gasteiger partial charge is 0.405 e. The zero-order valence-electron chi connectivity index (χ0n) is 21.3. The first-order chi connectivity index (χ1) is 17.5. The highest BCUT2D eigenvalue weighted by Crippen LogP contribution is 2.38. The van der Waals surface area contributed by atoms with Crippen LogP contribution >= 0.6 is 11.3 Å². The molecule has 0 bridgehead atoms. The number of nitro benzene ring substituents is 1. The molecule has 3 rings (SSSR count). The molecular formula is C27H32N4O5S. The molecule has 3 N–H and O–H groups in total. The van der Waals surface area contributed by atoms with Gasteiger partial charge in [-0.1, -0.05) is 70.2 Å². The lowest BCUT2D eigenvalue weighted by atomic mass is 9.72. The van der Waals surface area contributed by atoms with E-state index in [1.165, 1.54) is 23.5 Å². The monoisotopic (exact) mass is 524 g/mol. The van der Waals surface area contributed by atoms with Crippen LogP contribution in [0.1, 0.15) is 61.5 Å². The second-order valence-corrected chi connectivity index (χ2v) is 10.8. The van der Waals surface area contributed by atoms with Crippen molar-refractivity contribution in [3.8, 4) is 0 Å². The third-order valence-electron chi connectivity index (χ3n) is 6.12. The predicted octanol–water partition coefficient (Wildman–Crippen LogP) is 5.48. The van der Waals surface area contributed by atoms with Crippen LogP contribution in [0.15, 0.2) is 60.0 Å². The van der Waals surface area contributed by atoms with E-state index in [9.17, 15) is 24.8 Å². The molecule has 10 heteroatoms. The average molecular weight is 525 g/mol. The van der Waals surface area contributed by atoms with Crippen LogP contribution in [0.5, 0.6) is 0 Å². The van der Waals surface area contributed by atoms with Gasteiger partial charge in [-0.2, -0.15) is 0 Å². The average Bonchev–Trinajstić information content (AvgIpc) is 3.32. The zero-order chi connectivity index (χ0) is 27.2. The van der Waals surface area contributed by atoms with E-state index in [4.69, 9.17) is 0 Å². The molecule has 196 valence electrons. The fourth-order valence-electron chi connectivity index (χ4n) is 4.41. The Balaban J connectivity index is 1.97. The molecule has 2 aromatic carbocycles. The van der Waals surface area contributed by atoms with Crippen LogP contribution in [0.3, 0.4) is 0 Å². The summed E-state index contributed by atoms with van der Waals surface area (Å²) in [7, 11) is 0. The molecule has 0 aliphatic carbocycles. The third kappa shape index (κ3) is 7.36. The maximum absolute atomic E-state index is 13.8. The van der Waals surface area contributed by atoms with Crippen molar-refractivity contribution in [2.45, 2.75) is 58.5 Å². The summed E-state index contributed by atoms with van der Waals surface area (Å²) < 4.78 is 0. The van der Waals surface area contributed by atoms with Crippen LogP contribution in [0.4, 0.5) is 10.5 Å². The number of hydrogen-bond donors (Lipinski definition) is 3. The summed E-state index contributed by atoms with van der Waals surface area (Å²) in [6, 6.07) is 13.9. The number of non-ortho nitro benzene ring substituents is 1. The first-order valence-electron chi connectivity index (χ1n) is 12.0. The van der Waals surface area contributed by atoms with Gasteiger partial charge in [-0.3, -0.25) is 14.9 Å². The summed E-state index contributed by atoms with van der Waals surface area (Å²) in [5.41, 5.74) is 1.82. The van der Waals surface area contributed by atoms with E-state index in [2.05, 4.69) is 15.6 Å². The van der Waals surface area contributed by atoms with Crippen molar-refractivity contribution in [1.29, 1.82) is 0 Å². The zero-order valence-corrected chi connectivity index (χ0v) is 22.1. The summed E-state index contributed by atoms with van der Waals surface area (Å²) in [5.74, 6) is -0.921. The number of amides is 2. The lowest BCUT2D eigenvalue weighted by Gasteiger charge is -2.37. The predicted molar refractivity (Wildman–Crippen MR) is 143 cm³/mol. The molecule has 0 fully saturated rings. The number of benzene rings is 2. The Labute approximate surface area is 220 Å². The Morgan fingerprint density at radius 3 is 2.24 bits per heavy atom.